The number of nitrogens with zero attached hydrogens (tertiary/aromatic N) is 4. The molecule has 0 aliphatic rings. The predicted octanol–water partition coefficient (Wildman–Crippen LogP) is 4.84. The minimum atomic E-state index is -0.621. The largest absolute Gasteiger partial charge is 0.481 e. The van der Waals surface area contributed by atoms with Crippen LogP contribution in [0.1, 0.15) is 20.8 Å². The van der Waals surface area contributed by atoms with Crippen molar-refractivity contribution in [1.29, 1.82) is 0 Å². The highest BCUT2D eigenvalue weighted by molar-refractivity contribution is 5.99. The first-order valence-electron chi connectivity index (χ1n) is 11.2. The number of hydrogen-bond donors (Lipinski definition) is 1. The maximum Gasteiger partial charge on any atom is 0.312 e. The van der Waals surface area contributed by atoms with Gasteiger partial charge in [-0.2, -0.15) is 0 Å². The van der Waals surface area contributed by atoms with E-state index in [4.69, 9.17) is 9.47 Å². The second-order valence-electron chi connectivity index (χ2n) is 9.16. The van der Waals surface area contributed by atoms with Crippen molar-refractivity contribution >= 4 is 28.6 Å². The molecule has 0 unspecified atom stereocenters. The first kappa shape index (κ1) is 24.6. The summed E-state index contributed by atoms with van der Waals surface area (Å²) in [5.74, 6) is -0.151. The highest BCUT2D eigenvalue weighted by Gasteiger charge is 2.23. The van der Waals surface area contributed by atoms with Crippen LogP contribution in [0.25, 0.3) is 33.3 Å². The van der Waals surface area contributed by atoms with Crippen LogP contribution in [-0.4, -0.2) is 38.5 Å². The van der Waals surface area contributed by atoms with E-state index in [0.29, 0.717) is 17.2 Å². The molecule has 0 spiro atoms. The van der Waals surface area contributed by atoms with Crippen LogP contribution < -0.4 is 10.1 Å². The Balaban J connectivity index is 1.80. The van der Waals surface area contributed by atoms with Gasteiger partial charge in [0.2, 0.25) is 11.8 Å². The van der Waals surface area contributed by atoms with E-state index in [1.165, 1.54) is 6.08 Å². The molecule has 0 aromatic carbocycles. The number of hydrogen-bond acceptors (Lipinski definition) is 7. The van der Waals surface area contributed by atoms with Crippen LogP contribution in [0.3, 0.4) is 0 Å². The monoisotopic (exact) mass is 485 g/mol. The minimum Gasteiger partial charge on any atom is -0.481 e. The molecule has 1 N–H and O–H groups in total. The molecule has 4 aromatic heterocycles. The fourth-order valence-corrected chi connectivity index (χ4v) is 3.55. The number of nitrogens with one attached hydrogen (secondary N) is 1. The average Bonchev–Trinajstić information content (AvgIpc) is 3.24. The van der Waals surface area contributed by atoms with Gasteiger partial charge in [0, 0.05) is 52.9 Å². The molecular formula is C27H27N5O4. The molecule has 1 amide bonds. The Hall–Kier alpha value is -4.53. The van der Waals surface area contributed by atoms with Gasteiger partial charge in [0.15, 0.2) is 6.73 Å². The zero-order chi connectivity index (χ0) is 25.9. The van der Waals surface area contributed by atoms with Gasteiger partial charge in [-0.25, -0.2) is 9.97 Å². The molecule has 184 valence electrons. The Labute approximate surface area is 208 Å². The van der Waals surface area contributed by atoms with Crippen molar-refractivity contribution in [2.45, 2.75) is 27.5 Å². The van der Waals surface area contributed by atoms with Crippen LogP contribution in [0.2, 0.25) is 0 Å². The molecule has 0 aliphatic carbocycles. The molecule has 4 aromatic rings. The lowest BCUT2D eigenvalue weighted by atomic mass is 9.98. The van der Waals surface area contributed by atoms with Crippen molar-refractivity contribution in [2.24, 2.45) is 5.41 Å². The maximum absolute atomic E-state index is 12.4. The summed E-state index contributed by atoms with van der Waals surface area (Å²) in [4.78, 5) is 37.2. The molecule has 0 atom stereocenters. The molecule has 0 fully saturated rings. The lowest BCUT2D eigenvalue weighted by Crippen LogP contribution is -2.23. The van der Waals surface area contributed by atoms with E-state index < -0.39 is 5.41 Å². The van der Waals surface area contributed by atoms with Crippen molar-refractivity contribution in [1.82, 2.24) is 19.5 Å². The molecule has 4 rings (SSSR count). The summed E-state index contributed by atoms with van der Waals surface area (Å²) in [5.41, 5.74) is 3.89. The summed E-state index contributed by atoms with van der Waals surface area (Å²) in [6.45, 7) is 8.92. The number of amides is 1. The average molecular weight is 486 g/mol. The van der Waals surface area contributed by atoms with Crippen LogP contribution >= 0.6 is 0 Å². The van der Waals surface area contributed by atoms with Crippen LogP contribution in [0.15, 0.2) is 67.9 Å². The fourth-order valence-electron chi connectivity index (χ4n) is 3.55. The molecule has 36 heavy (non-hydrogen) atoms. The summed E-state index contributed by atoms with van der Waals surface area (Å²) in [6, 6.07) is 7.51. The van der Waals surface area contributed by atoms with Gasteiger partial charge in [-0.3, -0.25) is 19.1 Å². The normalized spacial score (nSPS) is 11.2. The number of pyridine rings is 3. The standard InChI is InChI=1S/C27H27N5O4/c1-6-23(33)31-20-9-18(12-28-14-20)19-10-21-22(17-7-8-29-24(11-17)35-5)15-32(25(21)30-13-19)16-36-26(34)27(2,3)4/h6-15H,1,16H2,2-5H3,(H,31,33). The van der Waals surface area contributed by atoms with Gasteiger partial charge < -0.3 is 14.8 Å². The summed E-state index contributed by atoms with van der Waals surface area (Å²) in [7, 11) is 1.56. The van der Waals surface area contributed by atoms with E-state index in [1.807, 2.05) is 51.2 Å². The first-order chi connectivity index (χ1) is 17.2. The van der Waals surface area contributed by atoms with Gasteiger partial charge in [-0.15, -0.1) is 0 Å². The SMILES string of the molecule is C=CC(=O)Nc1cncc(-c2cnc3c(c2)c(-c2ccnc(OC)c2)cn3COC(=O)C(C)(C)C)c1. The van der Waals surface area contributed by atoms with Crippen molar-refractivity contribution in [2.75, 3.05) is 12.4 Å². The third-order valence-electron chi connectivity index (χ3n) is 5.44. The van der Waals surface area contributed by atoms with Crippen LogP contribution in [0, 0.1) is 5.41 Å². The van der Waals surface area contributed by atoms with Gasteiger partial charge in [0.1, 0.15) is 5.65 Å². The van der Waals surface area contributed by atoms with E-state index in [2.05, 4.69) is 26.8 Å². The number of methoxy groups -OCH3 is 1. The summed E-state index contributed by atoms with van der Waals surface area (Å²) in [6.07, 6.45) is 9.74. The number of fused-ring (bicyclic) bond motifs is 1. The van der Waals surface area contributed by atoms with Gasteiger partial charge in [-0.05, 0) is 50.6 Å². The molecular weight excluding hydrogens is 458 g/mol. The second kappa shape index (κ2) is 9.99. The van der Waals surface area contributed by atoms with Crippen molar-refractivity contribution in [3.8, 4) is 28.1 Å². The van der Waals surface area contributed by atoms with Crippen LogP contribution in [-0.2, 0) is 21.1 Å². The maximum atomic E-state index is 12.4. The summed E-state index contributed by atoms with van der Waals surface area (Å²) in [5, 5.41) is 3.56. The lowest BCUT2D eigenvalue weighted by molar-refractivity contribution is -0.156. The molecule has 0 aliphatic heterocycles. The number of carbonyl (C=O) groups is 2. The Morgan fingerprint density at radius 1 is 1.08 bits per heavy atom. The van der Waals surface area contributed by atoms with E-state index in [0.717, 1.165) is 27.6 Å². The predicted molar refractivity (Wildman–Crippen MR) is 137 cm³/mol. The Morgan fingerprint density at radius 2 is 1.86 bits per heavy atom. The van der Waals surface area contributed by atoms with Crippen LogP contribution in [0.4, 0.5) is 5.69 Å². The third kappa shape index (κ3) is 5.25. The van der Waals surface area contributed by atoms with Gasteiger partial charge >= 0.3 is 5.97 Å². The van der Waals surface area contributed by atoms with Crippen molar-refractivity contribution in [3.05, 3.63) is 67.9 Å². The minimum absolute atomic E-state index is 0.0196. The lowest BCUT2D eigenvalue weighted by Gasteiger charge is -2.17. The summed E-state index contributed by atoms with van der Waals surface area (Å²) < 4.78 is 12.7. The molecule has 0 bridgehead atoms. The van der Waals surface area contributed by atoms with E-state index >= 15 is 0 Å². The molecule has 0 saturated heterocycles. The van der Waals surface area contributed by atoms with Crippen LogP contribution in [0.5, 0.6) is 5.88 Å². The van der Waals surface area contributed by atoms with E-state index in [-0.39, 0.29) is 18.6 Å². The Kier molecular flexibility index (Phi) is 6.82. The zero-order valence-corrected chi connectivity index (χ0v) is 20.6. The molecule has 0 radical (unpaired) electrons. The number of aromatic nitrogens is 4. The second-order valence-corrected chi connectivity index (χ2v) is 9.16. The number of esters is 1. The number of anilines is 1. The van der Waals surface area contributed by atoms with E-state index in [9.17, 15) is 9.59 Å². The van der Waals surface area contributed by atoms with Crippen molar-refractivity contribution < 1.29 is 19.1 Å². The highest BCUT2D eigenvalue weighted by atomic mass is 16.5. The van der Waals surface area contributed by atoms with E-state index in [1.54, 1.807) is 36.5 Å². The molecule has 9 heteroatoms. The quantitative estimate of drug-likeness (QED) is 0.295. The molecule has 9 nitrogen and oxygen atoms in total. The summed E-state index contributed by atoms with van der Waals surface area (Å²) >= 11 is 0. The fraction of sp³-hybridized carbons (Fsp3) is 0.222. The molecule has 4 heterocycles. The smallest absolute Gasteiger partial charge is 0.312 e. The number of rotatable bonds is 7. The van der Waals surface area contributed by atoms with Gasteiger partial charge in [0.05, 0.1) is 24.4 Å². The number of ether oxygens (including phenoxy) is 2. The first-order valence-corrected chi connectivity index (χ1v) is 11.2. The topological polar surface area (TPSA) is 108 Å². The zero-order valence-electron chi connectivity index (χ0n) is 20.6. The van der Waals surface area contributed by atoms with Crippen molar-refractivity contribution in [3.63, 3.8) is 0 Å². The Bertz CT molecular complexity index is 1450. The number of carbonyl (C=O) groups excluding carboxylic acids is 2. The third-order valence-corrected chi connectivity index (χ3v) is 5.44. The van der Waals surface area contributed by atoms with Gasteiger partial charge in [-0.1, -0.05) is 6.58 Å². The highest BCUT2D eigenvalue weighted by Crippen LogP contribution is 2.34. The molecule has 0 saturated carbocycles. The van der Waals surface area contributed by atoms with Gasteiger partial charge in [0.25, 0.3) is 0 Å². The Morgan fingerprint density at radius 3 is 2.58 bits per heavy atom.